The van der Waals surface area contributed by atoms with Crippen molar-refractivity contribution in [2.75, 3.05) is 19.8 Å². The second-order valence-electron chi connectivity index (χ2n) is 6.19. The van der Waals surface area contributed by atoms with Crippen LogP contribution < -0.4 is 0 Å². The Hall–Kier alpha value is -1.17. The quantitative estimate of drug-likeness (QED) is 0.609. The molecule has 2 saturated heterocycles. The second kappa shape index (κ2) is 7.60. The predicted molar refractivity (Wildman–Crippen MR) is 101 cm³/mol. The van der Waals surface area contributed by atoms with Gasteiger partial charge in [-0.3, -0.25) is 14.6 Å². The van der Waals surface area contributed by atoms with E-state index in [1.807, 2.05) is 18.2 Å². The van der Waals surface area contributed by atoms with Crippen LogP contribution in [0.5, 0.6) is 0 Å². The molecule has 1 aromatic carbocycles. The van der Waals surface area contributed by atoms with Crippen LogP contribution in [-0.4, -0.2) is 39.8 Å². The third kappa shape index (κ3) is 4.22. The van der Waals surface area contributed by atoms with Gasteiger partial charge < -0.3 is 0 Å². The zero-order chi connectivity index (χ0) is 16.2. The molecule has 0 bridgehead atoms. The van der Waals surface area contributed by atoms with Crippen LogP contribution in [0.1, 0.15) is 36.8 Å². The number of amides is 1. The highest BCUT2D eigenvalue weighted by molar-refractivity contribution is 8.26. The molecule has 0 aliphatic carbocycles. The van der Waals surface area contributed by atoms with Crippen LogP contribution >= 0.6 is 24.0 Å². The first-order chi connectivity index (χ1) is 11.1. The summed E-state index contributed by atoms with van der Waals surface area (Å²) in [5, 5.41) is 0. The normalized spacial score (nSPS) is 22.0. The number of hydrogen-bond donors (Lipinski definition) is 0. The average Bonchev–Trinajstić information content (AvgIpc) is 2.75. The van der Waals surface area contributed by atoms with Gasteiger partial charge in [0.15, 0.2) is 0 Å². The van der Waals surface area contributed by atoms with Crippen molar-refractivity contribution in [2.45, 2.75) is 32.6 Å². The number of rotatable bonds is 3. The number of thioether (sulfide) groups is 1. The van der Waals surface area contributed by atoms with E-state index in [1.54, 1.807) is 4.90 Å². The van der Waals surface area contributed by atoms with Gasteiger partial charge in [0, 0.05) is 0 Å². The molecule has 2 aliphatic rings. The third-order valence-electron chi connectivity index (χ3n) is 4.29. The fraction of sp³-hybridized carbons (Fsp3) is 0.444. The molecule has 0 N–H and O–H groups in total. The van der Waals surface area contributed by atoms with Gasteiger partial charge in [0.1, 0.15) is 4.32 Å². The zero-order valence-electron chi connectivity index (χ0n) is 13.5. The Labute approximate surface area is 147 Å². The fourth-order valence-corrected chi connectivity index (χ4v) is 4.16. The fourth-order valence-electron chi connectivity index (χ4n) is 2.91. The maximum atomic E-state index is 12.7. The van der Waals surface area contributed by atoms with Crippen LogP contribution in [0.4, 0.5) is 0 Å². The molecule has 23 heavy (non-hydrogen) atoms. The van der Waals surface area contributed by atoms with E-state index in [-0.39, 0.29) is 5.91 Å². The minimum Gasteiger partial charge on any atom is -0.286 e. The Morgan fingerprint density at radius 2 is 1.78 bits per heavy atom. The van der Waals surface area contributed by atoms with E-state index in [2.05, 4.69) is 24.0 Å². The van der Waals surface area contributed by atoms with Crippen molar-refractivity contribution in [1.29, 1.82) is 0 Å². The first-order valence-corrected chi connectivity index (χ1v) is 9.40. The maximum absolute atomic E-state index is 12.7. The number of aryl methyl sites for hydroxylation is 1. The summed E-state index contributed by atoms with van der Waals surface area (Å²) in [6.07, 6.45) is 6.97. The van der Waals surface area contributed by atoms with E-state index < -0.39 is 0 Å². The van der Waals surface area contributed by atoms with Crippen molar-refractivity contribution in [3.05, 3.63) is 40.3 Å². The van der Waals surface area contributed by atoms with E-state index in [0.29, 0.717) is 11.0 Å². The molecule has 0 spiro atoms. The summed E-state index contributed by atoms with van der Waals surface area (Å²) in [6, 6.07) is 8.20. The summed E-state index contributed by atoms with van der Waals surface area (Å²) < 4.78 is 0.678. The number of thiocarbonyl (C=S) groups is 1. The Balaban J connectivity index is 1.70. The SMILES string of the molecule is Cc1ccc(/C=C2/SC(=S)N(CN3CCCCCC3)C2=O)cc1. The van der Waals surface area contributed by atoms with E-state index in [4.69, 9.17) is 12.2 Å². The van der Waals surface area contributed by atoms with E-state index in [1.165, 1.54) is 43.0 Å². The highest BCUT2D eigenvalue weighted by Crippen LogP contribution is 2.32. The highest BCUT2D eigenvalue weighted by atomic mass is 32.2. The lowest BCUT2D eigenvalue weighted by Gasteiger charge is -2.25. The van der Waals surface area contributed by atoms with Crippen LogP contribution in [0.15, 0.2) is 29.2 Å². The molecular formula is C18H22N2OS2. The predicted octanol–water partition coefficient (Wildman–Crippen LogP) is 4.03. The van der Waals surface area contributed by atoms with Gasteiger partial charge in [-0.25, -0.2) is 0 Å². The summed E-state index contributed by atoms with van der Waals surface area (Å²) in [5.74, 6) is 0.0461. The van der Waals surface area contributed by atoms with Crippen LogP contribution in [0.2, 0.25) is 0 Å². The van der Waals surface area contributed by atoms with E-state index >= 15 is 0 Å². The molecule has 1 aromatic rings. The smallest absolute Gasteiger partial charge is 0.267 e. The topological polar surface area (TPSA) is 23.6 Å². The number of hydrogen-bond acceptors (Lipinski definition) is 4. The minimum absolute atomic E-state index is 0.0461. The molecule has 2 heterocycles. The Kier molecular flexibility index (Phi) is 5.51. The van der Waals surface area contributed by atoms with Crippen LogP contribution in [0, 0.1) is 6.92 Å². The monoisotopic (exact) mass is 346 g/mol. The van der Waals surface area contributed by atoms with Gasteiger partial charge in [-0.1, -0.05) is 66.7 Å². The summed E-state index contributed by atoms with van der Waals surface area (Å²) in [6.45, 7) is 4.82. The number of carbonyl (C=O) groups is 1. The standard InChI is InChI=1S/C18H22N2OS2/c1-14-6-8-15(9-7-14)12-16-17(21)20(18(22)23-16)13-19-10-4-2-3-5-11-19/h6-9,12H,2-5,10-11,13H2,1H3/b16-12+. The highest BCUT2D eigenvalue weighted by Gasteiger charge is 2.33. The molecule has 0 radical (unpaired) electrons. The van der Waals surface area contributed by atoms with Crippen LogP contribution in [0.25, 0.3) is 6.08 Å². The first kappa shape index (κ1) is 16.7. The van der Waals surface area contributed by atoms with Crippen molar-refractivity contribution in [1.82, 2.24) is 9.80 Å². The maximum Gasteiger partial charge on any atom is 0.267 e. The van der Waals surface area contributed by atoms with E-state index in [0.717, 1.165) is 23.6 Å². The van der Waals surface area contributed by atoms with Crippen molar-refractivity contribution in [2.24, 2.45) is 0 Å². The lowest BCUT2D eigenvalue weighted by molar-refractivity contribution is -0.123. The van der Waals surface area contributed by atoms with Gasteiger partial charge in [0.25, 0.3) is 5.91 Å². The van der Waals surface area contributed by atoms with Gasteiger partial charge in [-0.2, -0.15) is 0 Å². The summed E-state index contributed by atoms with van der Waals surface area (Å²) in [7, 11) is 0. The summed E-state index contributed by atoms with van der Waals surface area (Å²) in [5.41, 5.74) is 2.27. The van der Waals surface area contributed by atoms with Crippen LogP contribution in [-0.2, 0) is 4.79 Å². The lowest BCUT2D eigenvalue weighted by Crippen LogP contribution is -2.40. The number of nitrogens with zero attached hydrogens (tertiary/aromatic N) is 2. The number of likely N-dealkylation sites (tertiary alicyclic amines) is 1. The van der Waals surface area contributed by atoms with Crippen molar-refractivity contribution in [3.63, 3.8) is 0 Å². The molecule has 0 atom stereocenters. The molecular weight excluding hydrogens is 324 g/mol. The van der Waals surface area contributed by atoms with Crippen molar-refractivity contribution in [3.8, 4) is 0 Å². The Morgan fingerprint density at radius 3 is 2.43 bits per heavy atom. The molecule has 3 nitrogen and oxygen atoms in total. The lowest BCUT2D eigenvalue weighted by atomic mass is 10.1. The van der Waals surface area contributed by atoms with Crippen molar-refractivity contribution >= 4 is 40.3 Å². The minimum atomic E-state index is 0.0461. The third-order valence-corrected chi connectivity index (χ3v) is 5.67. The number of benzene rings is 1. The van der Waals surface area contributed by atoms with Gasteiger partial charge in [0.05, 0.1) is 11.6 Å². The Bertz CT molecular complexity index is 616. The molecule has 1 amide bonds. The molecule has 5 heteroatoms. The largest absolute Gasteiger partial charge is 0.286 e. The molecule has 122 valence electrons. The second-order valence-corrected chi connectivity index (χ2v) is 7.87. The van der Waals surface area contributed by atoms with Crippen LogP contribution in [0.3, 0.4) is 0 Å². The number of carbonyl (C=O) groups excluding carboxylic acids is 1. The Morgan fingerprint density at radius 1 is 1.13 bits per heavy atom. The van der Waals surface area contributed by atoms with E-state index in [9.17, 15) is 4.79 Å². The zero-order valence-corrected chi connectivity index (χ0v) is 15.1. The molecule has 0 saturated carbocycles. The summed E-state index contributed by atoms with van der Waals surface area (Å²) in [4.78, 5) is 17.5. The molecule has 2 aliphatic heterocycles. The molecule has 0 unspecified atom stereocenters. The molecule has 3 rings (SSSR count). The molecule has 2 fully saturated rings. The summed E-state index contributed by atoms with van der Waals surface area (Å²) >= 11 is 6.85. The molecule has 0 aromatic heterocycles. The van der Waals surface area contributed by atoms with Gasteiger partial charge in [0.2, 0.25) is 0 Å². The van der Waals surface area contributed by atoms with Gasteiger partial charge in [-0.15, -0.1) is 0 Å². The van der Waals surface area contributed by atoms with Gasteiger partial charge in [-0.05, 0) is 44.5 Å². The first-order valence-electron chi connectivity index (χ1n) is 8.18. The van der Waals surface area contributed by atoms with Gasteiger partial charge >= 0.3 is 0 Å². The average molecular weight is 347 g/mol. The van der Waals surface area contributed by atoms with Crippen molar-refractivity contribution < 1.29 is 4.79 Å².